The maximum atomic E-state index is 12.7. The van der Waals surface area contributed by atoms with E-state index in [1.54, 1.807) is 6.92 Å². The molecule has 2 heterocycles. The minimum Gasteiger partial charge on any atom is -0.333 e. The van der Waals surface area contributed by atoms with Crippen molar-refractivity contribution >= 4 is 5.91 Å². The minimum absolute atomic E-state index is 0.182. The third kappa shape index (κ3) is 6.24. The number of rotatable bonds is 6. The van der Waals surface area contributed by atoms with E-state index in [1.807, 2.05) is 0 Å². The number of nitrogens with one attached hydrogen (secondary N) is 1. The van der Waals surface area contributed by atoms with Crippen LogP contribution in [0.1, 0.15) is 39.0 Å². The molecule has 2 atom stereocenters. The van der Waals surface area contributed by atoms with Crippen LogP contribution in [0.2, 0.25) is 0 Å². The Labute approximate surface area is 142 Å². The van der Waals surface area contributed by atoms with Crippen LogP contribution in [0.25, 0.3) is 0 Å². The van der Waals surface area contributed by atoms with E-state index in [1.165, 1.54) is 12.8 Å². The van der Waals surface area contributed by atoms with Crippen LogP contribution in [-0.4, -0.2) is 67.7 Å². The molecule has 2 rings (SSSR count). The van der Waals surface area contributed by atoms with Gasteiger partial charge in [-0.25, -0.2) is 0 Å². The standard InChI is InChI=1S/C17H30F3N3O/c1-2-8-23(13-17(18,19)20)16(24)15-6-4-9-22(12-15)11-14-5-3-7-21-10-14/h14-15,21H,2-13H2,1H3. The van der Waals surface area contributed by atoms with Gasteiger partial charge in [0.2, 0.25) is 5.91 Å². The molecule has 0 saturated carbocycles. The van der Waals surface area contributed by atoms with Crippen LogP contribution in [0.15, 0.2) is 0 Å². The third-order valence-corrected chi connectivity index (χ3v) is 4.95. The fourth-order valence-electron chi connectivity index (χ4n) is 3.88. The highest BCUT2D eigenvalue weighted by Gasteiger charge is 2.36. The summed E-state index contributed by atoms with van der Waals surface area (Å²) >= 11 is 0. The fourth-order valence-corrected chi connectivity index (χ4v) is 3.88. The van der Waals surface area contributed by atoms with Gasteiger partial charge < -0.3 is 15.1 Å². The Morgan fingerprint density at radius 1 is 1.29 bits per heavy atom. The molecular weight excluding hydrogens is 319 g/mol. The number of halogens is 3. The SMILES string of the molecule is CCCN(CC(F)(F)F)C(=O)C1CCCN(CC2CCCNC2)C1. The number of likely N-dealkylation sites (tertiary alicyclic amines) is 1. The Bertz CT molecular complexity index is 397. The summed E-state index contributed by atoms with van der Waals surface area (Å²) < 4.78 is 38.2. The van der Waals surface area contributed by atoms with Crippen LogP contribution < -0.4 is 5.32 Å². The molecule has 2 aliphatic rings. The van der Waals surface area contributed by atoms with E-state index in [-0.39, 0.29) is 18.4 Å². The van der Waals surface area contributed by atoms with E-state index >= 15 is 0 Å². The Morgan fingerprint density at radius 3 is 2.71 bits per heavy atom. The highest BCUT2D eigenvalue weighted by atomic mass is 19.4. The molecule has 0 spiro atoms. The van der Waals surface area contributed by atoms with Gasteiger partial charge in [-0.1, -0.05) is 6.92 Å². The average molecular weight is 349 g/mol. The molecule has 1 N–H and O–H groups in total. The van der Waals surface area contributed by atoms with Crippen LogP contribution in [0.5, 0.6) is 0 Å². The van der Waals surface area contributed by atoms with Gasteiger partial charge in [-0.15, -0.1) is 0 Å². The first-order valence-electron chi connectivity index (χ1n) is 9.17. The second-order valence-corrected chi connectivity index (χ2v) is 7.19. The van der Waals surface area contributed by atoms with Gasteiger partial charge >= 0.3 is 6.18 Å². The Morgan fingerprint density at radius 2 is 2.08 bits per heavy atom. The van der Waals surface area contributed by atoms with Gasteiger partial charge in [-0.3, -0.25) is 4.79 Å². The van der Waals surface area contributed by atoms with Crippen LogP contribution in [-0.2, 0) is 4.79 Å². The third-order valence-electron chi connectivity index (χ3n) is 4.95. The Kier molecular flexibility index (Phi) is 7.34. The zero-order valence-electron chi connectivity index (χ0n) is 14.6. The molecule has 4 nitrogen and oxygen atoms in total. The number of amides is 1. The zero-order valence-corrected chi connectivity index (χ0v) is 14.6. The zero-order chi connectivity index (χ0) is 17.6. The smallest absolute Gasteiger partial charge is 0.333 e. The van der Waals surface area contributed by atoms with Gasteiger partial charge in [0.05, 0.1) is 5.92 Å². The van der Waals surface area contributed by atoms with Gasteiger partial charge in [0, 0.05) is 19.6 Å². The van der Waals surface area contributed by atoms with Gasteiger partial charge in [0.15, 0.2) is 0 Å². The molecule has 0 aromatic rings. The lowest BCUT2D eigenvalue weighted by atomic mass is 9.93. The minimum atomic E-state index is -4.33. The molecule has 2 unspecified atom stereocenters. The highest BCUT2D eigenvalue weighted by molar-refractivity contribution is 5.79. The number of carbonyl (C=O) groups is 1. The summed E-state index contributed by atoms with van der Waals surface area (Å²) in [5.41, 5.74) is 0. The quantitative estimate of drug-likeness (QED) is 0.800. The summed E-state index contributed by atoms with van der Waals surface area (Å²) in [6.45, 7) is 5.45. The first-order valence-corrected chi connectivity index (χ1v) is 9.17. The van der Waals surface area contributed by atoms with E-state index in [0.717, 1.165) is 37.5 Å². The van der Waals surface area contributed by atoms with Crippen molar-refractivity contribution in [3.63, 3.8) is 0 Å². The number of hydrogen-bond acceptors (Lipinski definition) is 3. The largest absolute Gasteiger partial charge is 0.406 e. The van der Waals surface area contributed by atoms with Gasteiger partial charge in [-0.2, -0.15) is 13.2 Å². The number of hydrogen-bond donors (Lipinski definition) is 1. The molecule has 0 radical (unpaired) electrons. The summed E-state index contributed by atoms with van der Waals surface area (Å²) in [7, 11) is 0. The fraction of sp³-hybridized carbons (Fsp3) is 0.941. The summed E-state index contributed by atoms with van der Waals surface area (Å²) in [6.07, 6.45) is 0.187. The van der Waals surface area contributed by atoms with E-state index in [2.05, 4.69) is 10.2 Å². The lowest BCUT2D eigenvalue weighted by Crippen LogP contribution is -2.49. The summed E-state index contributed by atoms with van der Waals surface area (Å²) in [5, 5.41) is 3.39. The summed E-state index contributed by atoms with van der Waals surface area (Å²) in [5.74, 6) is -0.0145. The van der Waals surface area contributed by atoms with E-state index in [0.29, 0.717) is 25.3 Å². The second kappa shape index (κ2) is 9.04. The van der Waals surface area contributed by atoms with Crippen LogP contribution in [0.4, 0.5) is 13.2 Å². The van der Waals surface area contributed by atoms with Crippen LogP contribution >= 0.6 is 0 Å². The maximum Gasteiger partial charge on any atom is 0.406 e. The number of carbonyl (C=O) groups excluding carboxylic acids is 1. The number of alkyl halides is 3. The van der Waals surface area contributed by atoms with E-state index < -0.39 is 12.7 Å². The molecule has 24 heavy (non-hydrogen) atoms. The van der Waals surface area contributed by atoms with Crippen molar-refractivity contribution < 1.29 is 18.0 Å². The van der Waals surface area contributed by atoms with Crippen molar-refractivity contribution in [2.45, 2.75) is 45.2 Å². The molecule has 1 amide bonds. The molecule has 2 fully saturated rings. The van der Waals surface area contributed by atoms with Crippen LogP contribution in [0, 0.1) is 11.8 Å². The lowest BCUT2D eigenvalue weighted by molar-refractivity contribution is -0.164. The van der Waals surface area contributed by atoms with Crippen LogP contribution in [0.3, 0.4) is 0 Å². The van der Waals surface area contributed by atoms with Crippen molar-refractivity contribution in [3.05, 3.63) is 0 Å². The first-order chi connectivity index (χ1) is 11.4. The molecule has 2 aliphatic heterocycles. The van der Waals surface area contributed by atoms with Crippen molar-refractivity contribution in [3.8, 4) is 0 Å². The lowest BCUT2D eigenvalue weighted by Gasteiger charge is -2.37. The normalized spacial score (nSPS) is 26.3. The van der Waals surface area contributed by atoms with Crippen molar-refractivity contribution in [2.75, 3.05) is 45.8 Å². The average Bonchev–Trinajstić information content (AvgIpc) is 2.54. The summed E-state index contributed by atoms with van der Waals surface area (Å²) in [6, 6.07) is 0. The van der Waals surface area contributed by atoms with E-state index in [4.69, 9.17) is 0 Å². The van der Waals surface area contributed by atoms with Gasteiger partial charge in [0.25, 0.3) is 0 Å². The molecule has 7 heteroatoms. The van der Waals surface area contributed by atoms with Crippen molar-refractivity contribution in [1.29, 1.82) is 0 Å². The Hall–Kier alpha value is -0.820. The number of piperidine rings is 2. The molecule has 0 bridgehead atoms. The number of nitrogens with zero attached hydrogens (tertiary/aromatic N) is 2. The topological polar surface area (TPSA) is 35.6 Å². The highest BCUT2D eigenvalue weighted by Crippen LogP contribution is 2.24. The van der Waals surface area contributed by atoms with Gasteiger partial charge in [-0.05, 0) is 57.7 Å². The van der Waals surface area contributed by atoms with Crippen molar-refractivity contribution in [1.82, 2.24) is 15.1 Å². The molecule has 0 aromatic carbocycles. The first kappa shape index (κ1) is 19.5. The monoisotopic (exact) mass is 349 g/mol. The molecule has 140 valence electrons. The second-order valence-electron chi connectivity index (χ2n) is 7.19. The molecule has 2 saturated heterocycles. The molecule has 0 aliphatic carbocycles. The van der Waals surface area contributed by atoms with Gasteiger partial charge in [0.1, 0.15) is 6.54 Å². The maximum absolute atomic E-state index is 12.7. The molecule has 0 aromatic heterocycles. The Balaban J connectivity index is 1.89. The van der Waals surface area contributed by atoms with Crippen molar-refractivity contribution in [2.24, 2.45) is 11.8 Å². The summed E-state index contributed by atoms with van der Waals surface area (Å²) in [4.78, 5) is 15.9. The molecular formula is C17H30F3N3O. The predicted octanol–water partition coefficient (Wildman–Crippen LogP) is 2.50. The predicted molar refractivity (Wildman–Crippen MR) is 87.7 cm³/mol. The van der Waals surface area contributed by atoms with E-state index in [9.17, 15) is 18.0 Å².